The summed E-state index contributed by atoms with van der Waals surface area (Å²) in [5.41, 5.74) is 0. The molecule has 0 aromatic carbocycles. The zero-order valence-electron chi connectivity index (χ0n) is 3.81. The first-order valence-electron chi connectivity index (χ1n) is 1.87. The molecule has 0 aliphatic carbocycles. The van der Waals surface area contributed by atoms with E-state index in [2.05, 4.69) is 20.3 Å². The lowest BCUT2D eigenvalue weighted by Gasteiger charge is -1.74. The molecule has 0 bridgehead atoms. The third kappa shape index (κ3) is 1.01. The second-order valence-electron chi connectivity index (χ2n) is 1.23. The van der Waals surface area contributed by atoms with Crippen LogP contribution < -0.4 is 0 Å². The van der Waals surface area contributed by atoms with Gasteiger partial charge in [0.15, 0.2) is 0 Å². The van der Waals surface area contributed by atoms with E-state index >= 15 is 0 Å². The van der Waals surface area contributed by atoms with Crippen LogP contribution in [0.5, 0.6) is 0 Å². The molecule has 0 radical (unpaired) electrons. The van der Waals surface area contributed by atoms with Gasteiger partial charge in [0.1, 0.15) is 0 Å². The van der Waals surface area contributed by atoms with Crippen molar-refractivity contribution in [1.29, 1.82) is 0 Å². The molecule has 0 unspecified atom stereocenters. The van der Waals surface area contributed by atoms with E-state index in [0.29, 0.717) is 0 Å². The van der Waals surface area contributed by atoms with Crippen molar-refractivity contribution in [2.75, 3.05) is 0 Å². The normalized spacial score (nSPS) is 9.43. The molecule has 1 heterocycles. The van der Waals surface area contributed by atoms with Crippen molar-refractivity contribution < 1.29 is 0 Å². The molecule has 0 aliphatic heterocycles. The van der Waals surface area contributed by atoms with Gasteiger partial charge in [0.05, 0.1) is 10.7 Å². The zero-order valence-corrected chi connectivity index (χ0v) is 6.21. The van der Waals surface area contributed by atoms with E-state index in [9.17, 15) is 0 Å². The van der Waals surface area contributed by atoms with Gasteiger partial charge in [0.25, 0.3) is 0 Å². The second kappa shape index (κ2) is 1.92. The van der Waals surface area contributed by atoms with E-state index in [1.165, 1.54) is 16.4 Å². The minimum atomic E-state index is 1.11. The topological polar surface area (TPSA) is 12.9 Å². The molecule has 0 spiro atoms. The van der Waals surface area contributed by atoms with Crippen molar-refractivity contribution in [2.24, 2.45) is 0 Å². The van der Waals surface area contributed by atoms with Gasteiger partial charge < -0.3 is 0 Å². The van der Waals surface area contributed by atoms with Gasteiger partial charge >= 0.3 is 0 Å². The third-order valence-corrected chi connectivity index (χ3v) is 2.46. The van der Waals surface area contributed by atoms with Crippen LogP contribution in [0.25, 0.3) is 0 Å². The molecule has 0 fully saturated rings. The number of rotatable bonds is 0. The average molecular weight is 178 g/mol. The summed E-state index contributed by atoms with van der Waals surface area (Å²) in [6, 6.07) is 0. The van der Waals surface area contributed by atoms with Crippen LogP contribution in [0.3, 0.4) is 0 Å². The molecule has 0 saturated heterocycles. The van der Waals surface area contributed by atoms with Gasteiger partial charge in [-0.3, -0.25) is 0 Å². The first-order chi connectivity index (χ1) is 3.30. The van der Waals surface area contributed by atoms with Gasteiger partial charge in [-0.1, -0.05) is 0 Å². The van der Waals surface area contributed by atoms with Gasteiger partial charge in [-0.15, -0.1) is 0 Å². The predicted octanol–water partition coefficient (Wildman–Crippen LogP) is 2.21. The highest BCUT2D eigenvalue weighted by molar-refractivity contribution is 9.10. The molecule has 0 N–H and O–H groups in total. The molecule has 0 amide bonds. The van der Waals surface area contributed by atoms with E-state index < -0.39 is 0 Å². The van der Waals surface area contributed by atoms with Crippen molar-refractivity contribution >= 4 is 27.5 Å². The van der Waals surface area contributed by atoms with E-state index in [4.69, 9.17) is 0 Å². The van der Waals surface area contributed by atoms with E-state index in [1.54, 1.807) is 6.20 Å². The van der Waals surface area contributed by atoms with Crippen molar-refractivity contribution in [2.45, 2.75) is 6.92 Å². The van der Waals surface area contributed by atoms with Crippen LogP contribution in [-0.2, 0) is 0 Å². The maximum atomic E-state index is 3.92. The molecular formula is C4H4BrNS. The van der Waals surface area contributed by atoms with Crippen molar-refractivity contribution in [3.63, 3.8) is 0 Å². The van der Waals surface area contributed by atoms with E-state index in [0.717, 1.165) is 4.47 Å². The third-order valence-electron chi connectivity index (χ3n) is 0.692. The van der Waals surface area contributed by atoms with Crippen molar-refractivity contribution in [1.82, 2.24) is 4.37 Å². The summed E-state index contributed by atoms with van der Waals surface area (Å²) in [5, 5.41) is 0. The van der Waals surface area contributed by atoms with Crippen LogP contribution in [0.15, 0.2) is 10.7 Å². The van der Waals surface area contributed by atoms with Gasteiger partial charge in [0.2, 0.25) is 0 Å². The fourth-order valence-electron chi connectivity index (χ4n) is 0.286. The number of nitrogens with zero attached hydrogens (tertiary/aromatic N) is 1. The first kappa shape index (κ1) is 5.25. The van der Waals surface area contributed by atoms with Crippen LogP contribution in [0, 0.1) is 6.92 Å². The number of aromatic nitrogens is 1. The van der Waals surface area contributed by atoms with Gasteiger partial charge in [-0.2, -0.15) is 4.37 Å². The summed E-state index contributed by atoms with van der Waals surface area (Å²) in [4.78, 5) is 1.24. The molecule has 7 heavy (non-hydrogen) atoms. The summed E-state index contributed by atoms with van der Waals surface area (Å²) in [6.07, 6.45) is 1.81. The minimum Gasteiger partial charge on any atom is -0.200 e. The van der Waals surface area contributed by atoms with Gasteiger partial charge in [-0.25, -0.2) is 0 Å². The Hall–Kier alpha value is 0.110. The molecule has 1 aromatic rings. The lowest BCUT2D eigenvalue weighted by molar-refractivity contribution is 1.52. The molecule has 0 aliphatic rings. The number of hydrogen-bond acceptors (Lipinski definition) is 2. The monoisotopic (exact) mass is 177 g/mol. The average Bonchev–Trinajstić information content (AvgIpc) is 1.91. The Labute approximate surface area is 54.7 Å². The first-order valence-corrected chi connectivity index (χ1v) is 3.44. The maximum absolute atomic E-state index is 3.92. The largest absolute Gasteiger partial charge is 0.200 e. The lowest BCUT2D eigenvalue weighted by Crippen LogP contribution is -1.53. The second-order valence-corrected chi connectivity index (χ2v) is 3.09. The molecule has 1 rings (SSSR count). The molecule has 0 saturated carbocycles. The van der Waals surface area contributed by atoms with Crippen molar-refractivity contribution in [3.05, 3.63) is 15.5 Å². The van der Waals surface area contributed by atoms with Crippen LogP contribution in [0.4, 0.5) is 0 Å². The molecule has 0 atom stereocenters. The summed E-state index contributed by atoms with van der Waals surface area (Å²) >= 11 is 4.82. The molecule has 1 aromatic heterocycles. The maximum Gasteiger partial charge on any atom is 0.0552 e. The fourth-order valence-corrected chi connectivity index (χ4v) is 1.20. The Morgan fingerprint density at radius 2 is 2.57 bits per heavy atom. The molecule has 38 valence electrons. The summed E-state index contributed by atoms with van der Waals surface area (Å²) in [5.74, 6) is 0. The van der Waals surface area contributed by atoms with Crippen LogP contribution in [0.2, 0.25) is 0 Å². The quantitative estimate of drug-likeness (QED) is 0.593. The summed E-state index contributed by atoms with van der Waals surface area (Å²) in [7, 11) is 0. The van der Waals surface area contributed by atoms with E-state index in [-0.39, 0.29) is 0 Å². The lowest BCUT2D eigenvalue weighted by atomic mass is 10.6. The SMILES string of the molecule is Cc1sncc1Br. The Balaban J connectivity index is 3.12. The number of aryl methyl sites for hydroxylation is 1. The minimum absolute atomic E-state index is 1.11. The van der Waals surface area contributed by atoms with Crippen molar-refractivity contribution in [3.8, 4) is 0 Å². The predicted molar refractivity (Wildman–Crippen MR) is 34.6 cm³/mol. The molecule has 1 nitrogen and oxygen atoms in total. The van der Waals surface area contributed by atoms with Crippen LogP contribution >= 0.6 is 27.5 Å². The Morgan fingerprint density at radius 1 is 1.86 bits per heavy atom. The van der Waals surface area contributed by atoms with E-state index in [1.807, 2.05) is 6.92 Å². The van der Waals surface area contributed by atoms with Gasteiger partial charge in [-0.05, 0) is 34.4 Å². The van der Waals surface area contributed by atoms with Crippen LogP contribution in [0.1, 0.15) is 4.88 Å². The Morgan fingerprint density at radius 3 is 2.71 bits per heavy atom. The standard InChI is InChI=1S/C4H4BrNS/c1-3-4(5)2-6-7-3/h2H,1H3. The highest BCUT2D eigenvalue weighted by Gasteiger charge is 1.91. The Bertz CT molecular complexity index is 144. The highest BCUT2D eigenvalue weighted by atomic mass is 79.9. The summed E-state index contributed by atoms with van der Waals surface area (Å²) in [6.45, 7) is 2.03. The molecule has 3 heteroatoms. The fraction of sp³-hybridized carbons (Fsp3) is 0.250. The molecular weight excluding hydrogens is 174 g/mol. The highest BCUT2D eigenvalue weighted by Crippen LogP contribution is 2.17. The number of hydrogen-bond donors (Lipinski definition) is 0. The summed E-state index contributed by atoms with van der Waals surface area (Å²) < 4.78 is 5.02. The van der Waals surface area contributed by atoms with Crippen LogP contribution in [-0.4, -0.2) is 4.37 Å². The Kier molecular flexibility index (Phi) is 1.44. The smallest absolute Gasteiger partial charge is 0.0552 e. The van der Waals surface area contributed by atoms with Gasteiger partial charge in [0, 0.05) is 4.88 Å². The number of halogens is 1. The zero-order chi connectivity index (χ0) is 5.28.